The van der Waals surface area contributed by atoms with Crippen molar-refractivity contribution in [3.8, 4) is 6.07 Å². The molecule has 1 aromatic rings. The molecule has 0 aliphatic heterocycles. The summed E-state index contributed by atoms with van der Waals surface area (Å²) < 4.78 is 38.6. The van der Waals surface area contributed by atoms with Gasteiger partial charge >= 0.3 is 6.18 Å². The molecule has 1 rings (SSSR count). The Morgan fingerprint density at radius 1 is 1.11 bits per heavy atom. The van der Waals surface area contributed by atoms with Crippen LogP contribution in [-0.2, 0) is 12.6 Å². The molecule has 0 aromatic heterocycles. The highest BCUT2D eigenvalue weighted by Crippen LogP contribution is 2.37. The molecular formula is C14H16F3N. The molecule has 0 fully saturated rings. The molecule has 0 saturated carbocycles. The van der Waals surface area contributed by atoms with Crippen LogP contribution in [0.25, 0.3) is 0 Å². The number of benzene rings is 1. The second kappa shape index (κ2) is 5.43. The predicted octanol–water partition coefficient (Wildman–Crippen LogP) is 4.58. The lowest BCUT2D eigenvalue weighted by atomic mass is 9.77. The van der Waals surface area contributed by atoms with E-state index in [4.69, 9.17) is 0 Å². The molecule has 18 heavy (non-hydrogen) atoms. The van der Waals surface area contributed by atoms with Crippen molar-refractivity contribution in [2.45, 2.75) is 39.3 Å². The predicted molar refractivity (Wildman–Crippen MR) is 63.8 cm³/mol. The van der Waals surface area contributed by atoms with Gasteiger partial charge in [-0.05, 0) is 30.9 Å². The molecule has 0 amide bonds. The minimum atomic E-state index is -4.36. The fraction of sp³-hybridized carbons (Fsp3) is 0.500. The molecule has 0 heterocycles. The maximum absolute atomic E-state index is 12.9. The van der Waals surface area contributed by atoms with Gasteiger partial charge in [0.25, 0.3) is 0 Å². The smallest absolute Gasteiger partial charge is 0.198 e. The molecule has 4 heteroatoms. The Balaban J connectivity index is 3.16. The van der Waals surface area contributed by atoms with Crippen LogP contribution >= 0.6 is 0 Å². The summed E-state index contributed by atoms with van der Waals surface area (Å²) in [5.41, 5.74) is -1.14. The monoisotopic (exact) mass is 255 g/mol. The van der Waals surface area contributed by atoms with Gasteiger partial charge in [0.2, 0.25) is 0 Å². The van der Waals surface area contributed by atoms with E-state index in [0.29, 0.717) is 12.8 Å². The molecule has 1 nitrogen and oxygen atoms in total. The third-order valence-corrected chi connectivity index (χ3v) is 3.44. The van der Waals surface area contributed by atoms with Crippen LogP contribution in [0.4, 0.5) is 13.2 Å². The molecule has 0 N–H and O–H groups in total. The molecule has 0 spiro atoms. The lowest BCUT2D eigenvalue weighted by Crippen LogP contribution is -2.22. The SMILES string of the molecule is CCC(C#N)(CC)Cc1ccccc1C(F)(F)F. The fourth-order valence-electron chi connectivity index (χ4n) is 2.01. The molecule has 0 unspecified atom stereocenters. The molecule has 0 bridgehead atoms. The summed E-state index contributed by atoms with van der Waals surface area (Å²) in [5, 5.41) is 9.20. The van der Waals surface area contributed by atoms with Crippen molar-refractivity contribution in [3.63, 3.8) is 0 Å². The number of alkyl halides is 3. The Hall–Kier alpha value is -1.50. The zero-order valence-electron chi connectivity index (χ0n) is 10.5. The van der Waals surface area contributed by atoms with E-state index in [-0.39, 0.29) is 12.0 Å². The van der Waals surface area contributed by atoms with E-state index in [1.54, 1.807) is 6.07 Å². The average Bonchev–Trinajstić information content (AvgIpc) is 2.35. The topological polar surface area (TPSA) is 23.8 Å². The highest BCUT2D eigenvalue weighted by molar-refractivity contribution is 5.31. The van der Waals surface area contributed by atoms with Crippen LogP contribution in [0.15, 0.2) is 24.3 Å². The maximum atomic E-state index is 12.9. The molecule has 0 saturated heterocycles. The first-order valence-corrected chi connectivity index (χ1v) is 5.95. The first-order chi connectivity index (χ1) is 8.38. The first kappa shape index (κ1) is 14.6. The Kier molecular flexibility index (Phi) is 4.39. The molecule has 0 aliphatic rings. The van der Waals surface area contributed by atoms with Gasteiger partial charge in [0.05, 0.1) is 17.0 Å². The normalized spacial score (nSPS) is 12.2. The quantitative estimate of drug-likeness (QED) is 0.772. The van der Waals surface area contributed by atoms with Crippen LogP contribution in [0.5, 0.6) is 0 Å². The summed E-state index contributed by atoms with van der Waals surface area (Å²) in [6, 6.07) is 7.66. The van der Waals surface area contributed by atoms with Crippen molar-refractivity contribution >= 4 is 0 Å². The molecule has 0 aliphatic carbocycles. The standard InChI is InChI=1S/C14H16F3N/c1-3-13(4-2,10-18)9-11-7-5-6-8-12(11)14(15,16)17/h5-8H,3-4,9H2,1-2H3. The zero-order valence-corrected chi connectivity index (χ0v) is 10.5. The third-order valence-electron chi connectivity index (χ3n) is 3.44. The number of rotatable bonds is 4. The largest absolute Gasteiger partial charge is 0.416 e. The van der Waals surface area contributed by atoms with E-state index in [9.17, 15) is 18.4 Å². The van der Waals surface area contributed by atoms with E-state index in [2.05, 4.69) is 6.07 Å². The van der Waals surface area contributed by atoms with Crippen LogP contribution in [0.3, 0.4) is 0 Å². The van der Waals surface area contributed by atoms with Gasteiger partial charge in [-0.3, -0.25) is 0 Å². The van der Waals surface area contributed by atoms with Crippen molar-refractivity contribution in [1.29, 1.82) is 5.26 Å². The maximum Gasteiger partial charge on any atom is 0.416 e. The summed E-state index contributed by atoms with van der Waals surface area (Å²) in [6.07, 6.45) is -3.12. The highest BCUT2D eigenvalue weighted by atomic mass is 19.4. The summed E-state index contributed by atoms with van der Waals surface area (Å²) >= 11 is 0. The summed E-state index contributed by atoms with van der Waals surface area (Å²) in [7, 11) is 0. The van der Waals surface area contributed by atoms with Gasteiger partial charge in [-0.1, -0.05) is 32.0 Å². The lowest BCUT2D eigenvalue weighted by molar-refractivity contribution is -0.138. The van der Waals surface area contributed by atoms with Crippen LogP contribution in [0.2, 0.25) is 0 Å². The molecule has 0 atom stereocenters. The number of hydrogen-bond donors (Lipinski definition) is 0. The Labute approximate surface area is 105 Å². The van der Waals surface area contributed by atoms with Crippen LogP contribution < -0.4 is 0 Å². The molecule has 1 aromatic carbocycles. The van der Waals surface area contributed by atoms with Gasteiger partial charge in [0.15, 0.2) is 0 Å². The van der Waals surface area contributed by atoms with Gasteiger partial charge in [0, 0.05) is 0 Å². The van der Waals surface area contributed by atoms with Crippen molar-refractivity contribution < 1.29 is 13.2 Å². The van der Waals surface area contributed by atoms with Crippen molar-refractivity contribution in [2.24, 2.45) is 5.41 Å². The minimum absolute atomic E-state index is 0.145. The van der Waals surface area contributed by atoms with Gasteiger partial charge in [-0.2, -0.15) is 18.4 Å². The van der Waals surface area contributed by atoms with Gasteiger partial charge in [0.1, 0.15) is 0 Å². The van der Waals surface area contributed by atoms with Crippen LogP contribution in [0, 0.1) is 16.7 Å². The summed E-state index contributed by atoms with van der Waals surface area (Å²) in [6.45, 7) is 3.67. The van der Waals surface area contributed by atoms with E-state index in [0.717, 1.165) is 6.07 Å². The Bertz CT molecular complexity index is 439. The fourth-order valence-corrected chi connectivity index (χ4v) is 2.01. The number of nitriles is 1. The lowest BCUT2D eigenvalue weighted by Gasteiger charge is -2.25. The van der Waals surface area contributed by atoms with Crippen molar-refractivity contribution in [3.05, 3.63) is 35.4 Å². The zero-order chi connectivity index (χ0) is 13.8. The van der Waals surface area contributed by atoms with Crippen molar-refractivity contribution in [2.75, 3.05) is 0 Å². The number of hydrogen-bond acceptors (Lipinski definition) is 1. The third kappa shape index (κ3) is 3.04. The van der Waals surface area contributed by atoms with Crippen LogP contribution in [0.1, 0.15) is 37.8 Å². The number of nitrogens with zero attached hydrogens (tertiary/aromatic N) is 1. The molecular weight excluding hydrogens is 239 g/mol. The number of halogens is 3. The van der Waals surface area contributed by atoms with E-state index >= 15 is 0 Å². The summed E-state index contributed by atoms with van der Waals surface area (Å²) in [5.74, 6) is 0. The van der Waals surface area contributed by atoms with Gasteiger partial charge in [-0.25, -0.2) is 0 Å². The Morgan fingerprint density at radius 3 is 2.11 bits per heavy atom. The molecule has 98 valence electrons. The van der Waals surface area contributed by atoms with E-state index in [1.807, 2.05) is 13.8 Å². The van der Waals surface area contributed by atoms with Crippen LogP contribution in [-0.4, -0.2) is 0 Å². The van der Waals surface area contributed by atoms with Gasteiger partial charge < -0.3 is 0 Å². The Morgan fingerprint density at radius 2 is 1.67 bits per heavy atom. The molecule has 0 radical (unpaired) electrons. The minimum Gasteiger partial charge on any atom is -0.198 e. The van der Waals surface area contributed by atoms with E-state index in [1.165, 1.54) is 12.1 Å². The second-order valence-electron chi connectivity index (χ2n) is 4.43. The second-order valence-corrected chi connectivity index (χ2v) is 4.43. The van der Waals surface area contributed by atoms with Gasteiger partial charge in [-0.15, -0.1) is 0 Å². The average molecular weight is 255 g/mol. The van der Waals surface area contributed by atoms with E-state index < -0.39 is 17.2 Å². The van der Waals surface area contributed by atoms with Crippen molar-refractivity contribution in [1.82, 2.24) is 0 Å². The summed E-state index contributed by atoms with van der Waals surface area (Å²) in [4.78, 5) is 0. The first-order valence-electron chi connectivity index (χ1n) is 5.95. The highest BCUT2D eigenvalue weighted by Gasteiger charge is 2.35.